The number of hydrogen-bond donors (Lipinski definition) is 1. The first-order valence-electron chi connectivity index (χ1n) is 19.3. The van der Waals surface area contributed by atoms with Gasteiger partial charge in [-0.1, -0.05) is 157 Å². The van der Waals surface area contributed by atoms with Gasteiger partial charge >= 0.3 is 0 Å². The predicted octanol–water partition coefficient (Wildman–Crippen LogP) is 14.1. The molecule has 1 aliphatic carbocycles. The molecular formula is C51H59N3. The maximum atomic E-state index is 9.23. The molecule has 3 heteroatoms. The highest BCUT2D eigenvalue weighted by Crippen LogP contribution is 2.48. The Morgan fingerprint density at radius 2 is 1.52 bits per heavy atom. The van der Waals surface area contributed by atoms with Crippen molar-refractivity contribution in [1.29, 1.82) is 5.41 Å². The van der Waals surface area contributed by atoms with E-state index in [1.807, 2.05) is 79.9 Å². The molecule has 0 unspecified atom stereocenters. The third kappa shape index (κ3) is 8.63. The van der Waals surface area contributed by atoms with Gasteiger partial charge in [-0.3, -0.25) is 9.98 Å². The van der Waals surface area contributed by atoms with E-state index in [1.54, 1.807) is 0 Å². The highest BCUT2D eigenvalue weighted by atomic mass is 15.2. The van der Waals surface area contributed by atoms with Gasteiger partial charge in [0.15, 0.2) is 0 Å². The number of hydrogen-bond acceptors (Lipinski definition) is 1. The highest BCUT2D eigenvalue weighted by Gasteiger charge is 2.35. The van der Waals surface area contributed by atoms with Crippen molar-refractivity contribution in [3.63, 3.8) is 0 Å². The molecule has 278 valence electrons. The van der Waals surface area contributed by atoms with E-state index in [4.69, 9.17) is 4.99 Å². The van der Waals surface area contributed by atoms with Gasteiger partial charge in [0, 0.05) is 16.4 Å². The fourth-order valence-electron chi connectivity index (χ4n) is 7.39. The number of aromatic nitrogens is 1. The fourth-order valence-corrected chi connectivity index (χ4v) is 7.39. The zero-order valence-electron chi connectivity index (χ0n) is 34.3. The van der Waals surface area contributed by atoms with E-state index in [0.717, 1.165) is 50.1 Å². The second-order valence-corrected chi connectivity index (χ2v) is 14.2. The summed E-state index contributed by atoms with van der Waals surface area (Å²) >= 11 is 0. The van der Waals surface area contributed by atoms with Crippen molar-refractivity contribution in [1.82, 2.24) is 4.57 Å². The van der Waals surface area contributed by atoms with Crippen LogP contribution in [0.1, 0.15) is 106 Å². The quantitative estimate of drug-likeness (QED) is 0.123. The Morgan fingerprint density at radius 3 is 2.15 bits per heavy atom. The number of benzene rings is 4. The van der Waals surface area contributed by atoms with Crippen molar-refractivity contribution in [2.45, 2.75) is 87.5 Å². The van der Waals surface area contributed by atoms with Crippen LogP contribution < -0.4 is 0 Å². The van der Waals surface area contributed by atoms with Crippen molar-refractivity contribution >= 4 is 39.3 Å². The number of para-hydroxylation sites is 1. The van der Waals surface area contributed by atoms with Gasteiger partial charge in [0.2, 0.25) is 5.96 Å². The number of rotatable bonds is 8. The van der Waals surface area contributed by atoms with E-state index in [1.165, 1.54) is 46.2 Å². The van der Waals surface area contributed by atoms with Crippen LogP contribution in [-0.4, -0.2) is 16.2 Å². The van der Waals surface area contributed by atoms with Gasteiger partial charge in [-0.25, -0.2) is 4.99 Å². The fraction of sp³-hybridized carbons (Fsp3) is 0.255. The summed E-state index contributed by atoms with van der Waals surface area (Å²) in [5.74, 6) is 0.158. The standard InChI is InChI=1S/C39H39N3.C10H14.C2H6/c1-9-16-33-30(10-2)32-22-21-29(24-34(32)39(33,7)8)26(5)23-35(28-17-12-11-13-18-28)41-38(40)42-36-20-15-14-19-31(36)27(6)37(42)25(3)4;1-3-6-10-8-5-4-7-9(10)2;1-2/h9-24,40H,2-3H2,1,4-8H3;4-5,7-8H,3,6H2,1-2H3;1-2H3/b16-9-,26-23+,40-38?,41-35+;;. The zero-order valence-corrected chi connectivity index (χ0v) is 34.3. The smallest absolute Gasteiger partial charge is 0.227 e. The molecule has 3 nitrogen and oxygen atoms in total. The highest BCUT2D eigenvalue weighted by molar-refractivity contribution is 6.17. The van der Waals surface area contributed by atoms with Crippen molar-refractivity contribution in [3.8, 4) is 0 Å². The lowest BCUT2D eigenvalue weighted by Gasteiger charge is -2.23. The SMILES string of the molecule is C=CC1=C(/C=C\C)C(C)(C)c2cc(/C(C)=C/C(=N\C(=N)n3c(C(=C)C)c(C)c4ccccc43)c3ccccc3)ccc21.CC.CCCc1ccccc1C. The second kappa shape index (κ2) is 18.5. The van der Waals surface area contributed by atoms with Crippen LogP contribution in [0.15, 0.2) is 145 Å². The van der Waals surface area contributed by atoms with E-state index in [-0.39, 0.29) is 11.4 Å². The Morgan fingerprint density at radius 1 is 0.870 bits per heavy atom. The molecule has 0 aliphatic heterocycles. The van der Waals surface area contributed by atoms with E-state index >= 15 is 0 Å². The van der Waals surface area contributed by atoms with Gasteiger partial charge < -0.3 is 0 Å². The summed E-state index contributed by atoms with van der Waals surface area (Å²) in [4.78, 5) is 4.97. The molecule has 0 radical (unpaired) electrons. The van der Waals surface area contributed by atoms with Crippen LogP contribution in [0.25, 0.3) is 27.6 Å². The molecule has 0 saturated heterocycles. The van der Waals surface area contributed by atoms with E-state index < -0.39 is 0 Å². The Balaban J connectivity index is 0.000000465. The molecule has 0 spiro atoms. The van der Waals surface area contributed by atoms with Crippen LogP contribution in [0.5, 0.6) is 0 Å². The van der Waals surface area contributed by atoms with Crippen LogP contribution in [-0.2, 0) is 11.8 Å². The molecular weight excluding hydrogens is 655 g/mol. The molecule has 0 atom stereocenters. The molecule has 0 fully saturated rings. The lowest BCUT2D eigenvalue weighted by Crippen LogP contribution is -2.16. The van der Waals surface area contributed by atoms with E-state index in [9.17, 15) is 5.41 Å². The molecule has 4 aromatic carbocycles. The number of aliphatic imine (C=N–C) groups is 1. The number of fused-ring (bicyclic) bond motifs is 2. The first-order chi connectivity index (χ1) is 25.9. The first kappa shape index (κ1) is 41.2. The summed E-state index contributed by atoms with van der Waals surface area (Å²) < 4.78 is 1.92. The molecule has 6 rings (SSSR count). The predicted molar refractivity (Wildman–Crippen MR) is 239 cm³/mol. The van der Waals surface area contributed by atoms with Gasteiger partial charge in [-0.2, -0.15) is 0 Å². The van der Waals surface area contributed by atoms with E-state index in [0.29, 0.717) is 0 Å². The van der Waals surface area contributed by atoms with Crippen molar-refractivity contribution in [2.75, 3.05) is 0 Å². The monoisotopic (exact) mass is 713 g/mol. The summed E-state index contributed by atoms with van der Waals surface area (Å²) in [6.07, 6.45) is 10.8. The molecule has 0 bridgehead atoms. The Bertz CT molecular complexity index is 2260. The zero-order chi connectivity index (χ0) is 39.6. The number of nitrogens with zero attached hydrogens (tertiary/aromatic N) is 2. The Labute approximate surface area is 325 Å². The topological polar surface area (TPSA) is 41.1 Å². The molecule has 1 N–H and O–H groups in total. The third-order valence-electron chi connectivity index (χ3n) is 10.1. The summed E-state index contributed by atoms with van der Waals surface area (Å²) in [5.41, 5.74) is 15.6. The molecule has 1 heterocycles. The van der Waals surface area contributed by atoms with Gasteiger partial charge in [-0.05, 0) is 115 Å². The summed E-state index contributed by atoms with van der Waals surface area (Å²) in [6.45, 7) is 29.5. The van der Waals surface area contributed by atoms with Crippen molar-refractivity contribution < 1.29 is 0 Å². The van der Waals surface area contributed by atoms with Crippen LogP contribution in [0, 0.1) is 19.3 Å². The van der Waals surface area contributed by atoms with Gasteiger partial charge in [0.05, 0.1) is 16.9 Å². The average molecular weight is 714 g/mol. The minimum Gasteiger partial charge on any atom is -0.278 e. The maximum absolute atomic E-state index is 9.23. The van der Waals surface area contributed by atoms with Crippen LogP contribution in [0.2, 0.25) is 0 Å². The second-order valence-electron chi connectivity index (χ2n) is 14.2. The molecule has 0 amide bonds. The largest absolute Gasteiger partial charge is 0.278 e. The lowest BCUT2D eigenvalue weighted by molar-refractivity contribution is 0.654. The Hall–Kier alpha value is -5.54. The van der Waals surface area contributed by atoms with Gasteiger partial charge in [0.25, 0.3) is 0 Å². The normalized spacial score (nSPS) is 13.6. The summed E-state index contributed by atoms with van der Waals surface area (Å²) in [5, 5.41) is 10.3. The number of nitrogens with one attached hydrogen (secondary N) is 1. The molecule has 1 aliphatic rings. The first-order valence-corrected chi connectivity index (χ1v) is 19.3. The number of allylic oxidation sites excluding steroid dienone is 8. The number of aryl methyl sites for hydroxylation is 3. The lowest BCUT2D eigenvalue weighted by atomic mass is 9.80. The minimum absolute atomic E-state index is 0.133. The van der Waals surface area contributed by atoms with E-state index in [2.05, 4.69) is 128 Å². The molecule has 0 saturated carbocycles. The maximum Gasteiger partial charge on any atom is 0.227 e. The van der Waals surface area contributed by atoms with Crippen molar-refractivity contribution in [3.05, 3.63) is 185 Å². The van der Waals surface area contributed by atoms with Crippen LogP contribution >= 0.6 is 0 Å². The Kier molecular flexibility index (Phi) is 14.1. The van der Waals surface area contributed by atoms with Gasteiger partial charge in [-0.15, -0.1) is 0 Å². The van der Waals surface area contributed by atoms with Gasteiger partial charge in [0.1, 0.15) is 0 Å². The molecule has 54 heavy (non-hydrogen) atoms. The van der Waals surface area contributed by atoms with Crippen LogP contribution in [0.4, 0.5) is 0 Å². The van der Waals surface area contributed by atoms with Crippen LogP contribution in [0.3, 0.4) is 0 Å². The van der Waals surface area contributed by atoms with Crippen molar-refractivity contribution in [2.24, 2.45) is 4.99 Å². The summed E-state index contributed by atoms with van der Waals surface area (Å²) in [6, 6.07) is 33.6. The third-order valence-corrected chi connectivity index (χ3v) is 10.1. The average Bonchev–Trinajstić information content (AvgIpc) is 3.60. The summed E-state index contributed by atoms with van der Waals surface area (Å²) in [7, 11) is 0. The molecule has 5 aromatic rings. The minimum atomic E-state index is -0.133. The molecule has 1 aromatic heterocycles.